The summed E-state index contributed by atoms with van der Waals surface area (Å²) in [6.45, 7) is 9.49. The van der Waals surface area contributed by atoms with Crippen molar-refractivity contribution in [3.05, 3.63) is 35.9 Å². The molecule has 1 aliphatic carbocycles. The Balaban J connectivity index is 1.77. The number of nitrogens with one attached hydrogen (secondary N) is 4. The van der Waals surface area contributed by atoms with Crippen LogP contribution in [0.25, 0.3) is 0 Å². The van der Waals surface area contributed by atoms with Crippen molar-refractivity contribution < 1.29 is 48.1 Å². The van der Waals surface area contributed by atoms with Crippen LogP contribution >= 0.6 is 0 Å². The molecule has 2 fully saturated rings. The second-order valence-corrected chi connectivity index (χ2v) is 15.2. The maximum absolute atomic E-state index is 14.3. The maximum atomic E-state index is 14.3. The number of carboxylic acids is 1. The van der Waals surface area contributed by atoms with Crippen molar-refractivity contribution in [2.45, 2.75) is 116 Å². The van der Waals surface area contributed by atoms with Crippen molar-refractivity contribution in [2.75, 3.05) is 26.9 Å². The third-order valence-electron chi connectivity index (χ3n) is 9.57. The van der Waals surface area contributed by atoms with Gasteiger partial charge in [-0.05, 0) is 48.5 Å². The van der Waals surface area contributed by atoms with Gasteiger partial charge in [-0.1, -0.05) is 90.6 Å². The molecular formula is C38H57N5O10. The lowest BCUT2D eigenvalue weighted by atomic mass is 9.83. The molecule has 294 valence electrons. The standard InChI is InChI=1S/C38H57N5O10/c1-7-14-26(31(44)34(47)40-27(21-52-6)32(45)41-30(36(49)50)25-17-12-9-13-18-25)39-33(46)28-19-38(4,5)22-43(28)35(48)29(24-15-10-8-11-16-24)42-37(51)53-20-23(2)3/h9,12-13,17-18,23-24,26-30H,7-8,10-11,14-16,19-22H2,1-6H3,(H,39,46)(H,40,47)(H,41,45)(H,42,51)(H,49,50). The number of carboxylic acid groups (broad SMARTS) is 1. The van der Waals surface area contributed by atoms with Gasteiger partial charge in [-0.15, -0.1) is 0 Å². The Labute approximate surface area is 311 Å². The average Bonchev–Trinajstić information content (AvgIpc) is 3.46. The van der Waals surface area contributed by atoms with E-state index in [2.05, 4.69) is 21.3 Å². The predicted molar refractivity (Wildman–Crippen MR) is 194 cm³/mol. The van der Waals surface area contributed by atoms with E-state index in [1.54, 1.807) is 25.1 Å². The minimum atomic E-state index is -1.43. The fourth-order valence-electron chi connectivity index (χ4n) is 6.91. The number of Topliss-reactive ketones (excluding diaryl/α,β-unsaturated/α-hetero) is 1. The summed E-state index contributed by atoms with van der Waals surface area (Å²) in [5, 5.41) is 20.0. The number of benzene rings is 1. The number of carbonyl (C=O) groups excluding carboxylic acids is 6. The van der Waals surface area contributed by atoms with E-state index in [1.807, 2.05) is 27.7 Å². The number of rotatable bonds is 18. The predicted octanol–water partition coefficient (Wildman–Crippen LogP) is 2.87. The number of hydrogen-bond acceptors (Lipinski definition) is 9. The molecule has 1 saturated heterocycles. The summed E-state index contributed by atoms with van der Waals surface area (Å²) in [6.07, 6.45) is 4.42. The highest BCUT2D eigenvalue weighted by Gasteiger charge is 2.47. The third kappa shape index (κ3) is 12.5. The largest absolute Gasteiger partial charge is 0.479 e. The molecule has 1 aromatic carbocycles. The summed E-state index contributed by atoms with van der Waals surface area (Å²) in [5.74, 6) is -5.46. The molecule has 5 amide bonds. The summed E-state index contributed by atoms with van der Waals surface area (Å²) < 4.78 is 10.4. The van der Waals surface area contributed by atoms with Crippen LogP contribution in [0.3, 0.4) is 0 Å². The van der Waals surface area contributed by atoms with Crippen molar-refractivity contribution in [1.82, 2.24) is 26.2 Å². The number of carbonyl (C=O) groups is 7. The molecule has 3 rings (SSSR count). The number of likely N-dealkylation sites (tertiary alicyclic amines) is 1. The summed E-state index contributed by atoms with van der Waals surface area (Å²) in [5.41, 5.74) is -0.171. The highest BCUT2D eigenvalue weighted by molar-refractivity contribution is 6.38. The van der Waals surface area contributed by atoms with Crippen molar-refractivity contribution in [3.8, 4) is 0 Å². The molecule has 0 aromatic heterocycles. The molecule has 15 heteroatoms. The summed E-state index contributed by atoms with van der Waals surface area (Å²) in [6, 6.07) is 1.96. The van der Waals surface area contributed by atoms with E-state index in [-0.39, 0.29) is 44.4 Å². The number of ether oxygens (including phenoxy) is 2. The SMILES string of the molecule is CCCC(NC(=O)C1CC(C)(C)CN1C(=O)C(NC(=O)OCC(C)C)C1CCCCC1)C(=O)C(=O)NC(COC)C(=O)NC(C(=O)O)c1ccccc1. The van der Waals surface area contributed by atoms with Gasteiger partial charge in [-0.2, -0.15) is 0 Å². The Morgan fingerprint density at radius 3 is 2.15 bits per heavy atom. The maximum Gasteiger partial charge on any atom is 0.407 e. The van der Waals surface area contributed by atoms with Crippen LogP contribution in [0.2, 0.25) is 0 Å². The topological polar surface area (TPSA) is 210 Å². The molecule has 0 radical (unpaired) electrons. The van der Waals surface area contributed by atoms with Crippen LogP contribution in [-0.2, 0) is 38.2 Å². The molecule has 53 heavy (non-hydrogen) atoms. The molecule has 2 aliphatic rings. The number of methoxy groups -OCH3 is 1. The van der Waals surface area contributed by atoms with Crippen molar-refractivity contribution >= 4 is 41.5 Å². The third-order valence-corrected chi connectivity index (χ3v) is 9.57. The summed E-state index contributed by atoms with van der Waals surface area (Å²) in [7, 11) is 1.28. The number of nitrogens with zero attached hydrogens (tertiary/aromatic N) is 1. The minimum absolute atomic E-state index is 0.0895. The average molecular weight is 744 g/mol. The molecule has 5 N–H and O–H groups in total. The van der Waals surface area contributed by atoms with Gasteiger partial charge in [-0.3, -0.25) is 24.0 Å². The number of hydrogen-bond donors (Lipinski definition) is 5. The van der Waals surface area contributed by atoms with E-state index in [4.69, 9.17) is 9.47 Å². The lowest BCUT2D eigenvalue weighted by Gasteiger charge is -2.35. The molecule has 15 nitrogen and oxygen atoms in total. The molecule has 1 aromatic rings. The zero-order chi connectivity index (χ0) is 39.3. The summed E-state index contributed by atoms with van der Waals surface area (Å²) >= 11 is 0. The van der Waals surface area contributed by atoms with E-state index in [0.29, 0.717) is 12.0 Å². The molecule has 0 bridgehead atoms. The fourth-order valence-corrected chi connectivity index (χ4v) is 6.91. The highest BCUT2D eigenvalue weighted by Crippen LogP contribution is 2.36. The zero-order valence-electron chi connectivity index (χ0n) is 31.8. The molecular weight excluding hydrogens is 686 g/mol. The molecule has 0 spiro atoms. The zero-order valence-corrected chi connectivity index (χ0v) is 31.8. The minimum Gasteiger partial charge on any atom is -0.479 e. The second-order valence-electron chi connectivity index (χ2n) is 15.2. The van der Waals surface area contributed by atoms with E-state index >= 15 is 0 Å². The first kappa shape index (κ1) is 42.9. The first-order chi connectivity index (χ1) is 25.1. The van der Waals surface area contributed by atoms with Crippen LogP contribution in [0.15, 0.2) is 30.3 Å². The lowest BCUT2D eigenvalue weighted by Crippen LogP contribution is -2.58. The lowest BCUT2D eigenvalue weighted by molar-refractivity contribution is -0.145. The van der Waals surface area contributed by atoms with Crippen molar-refractivity contribution in [3.63, 3.8) is 0 Å². The number of ketones is 1. The number of alkyl carbamates (subject to hydrolysis) is 1. The van der Waals surface area contributed by atoms with Gasteiger partial charge in [0.15, 0.2) is 6.04 Å². The molecule has 1 aliphatic heterocycles. The van der Waals surface area contributed by atoms with Gasteiger partial charge in [0.1, 0.15) is 18.1 Å². The van der Waals surface area contributed by atoms with E-state index in [1.165, 1.54) is 24.1 Å². The molecule has 1 saturated carbocycles. The summed E-state index contributed by atoms with van der Waals surface area (Å²) in [4.78, 5) is 94.5. The van der Waals surface area contributed by atoms with E-state index in [0.717, 1.165) is 32.1 Å². The van der Waals surface area contributed by atoms with Crippen molar-refractivity contribution in [1.29, 1.82) is 0 Å². The Morgan fingerprint density at radius 1 is 0.906 bits per heavy atom. The van der Waals surface area contributed by atoms with Gasteiger partial charge in [0.05, 0.1) is 19.3 Å². The number of aliphatic carboxylic acids is 1. The fraction of sp³-hybridized carbons (Fsp3) is 0.658. The van der Waals surface area contributed by atoms with Gasteiger partial charge in [0.25, 0.3) is 5.91 Å². The van der Waals surface area contributed by atoms with Crippen LogP contribution in [0.1, 0.15) is 97.6 Å². The first-order valence-electron chi connectivity index (χ1n) is 18.5. The molecule has 5 unspecified atom stereocenters. The Morgan fingerprint density at radius 2 is 1.57 bits per heavy atom. The Bertz CT molecular complexity index is 1450. The van der Waals surface area contributed by atoms with Gasteiger partial charge in [-0.25, -0.2) is 9.59 Å². The highest BCUT2D eigenvalue weighted by atomic mass is 16.5. The van der Waals surface area contributed by atoms with E-state index < -0.39 is 77.1 Å². The normalized spacial score (nSPS) is 19.3. The van der Waals surface area contributed by atoms with Gasteiger partial charge in [0.2, 0.25) is 23.5 Å². The van der Waals surface area contributed by atoms with Gasteiger partial charge >= 0.3 is 12.1 Å². The Kier molecular flexibility index (Phi) is 16.2. The van der Waals surface area contributed by atoms with Gasteiger partial charge in [0, 0.05) is 13.7 Å². The molecule has 5 atom stereocenters. The molecule has 1 heterocycles. The second kappa shape index (κ2) is 20.1. The smallest absolute Gasteiger partial charge is 0.407 e. The van der Waals surface area contributed by atoms with E-state index in [9.17, 15) is 38.7 Å². The van der Waals surface area contributed by atoms with Crippen LogP contribution in [-0.4, -0.2) is 103 Å². The van der Waals surface area contributed by atoms with Gasteiger partial charge < -0.3 is 40.7 Å². The van der Waals surface area contributed by atoms with Crippen molar-refractivity contribution in [2.24, 2.45) is 17.3 Å². The first-order valence-corrected chi connectivity index (χ1v) is 18.5. The van der Waals surface area contributed by atoms with Crippen LogP contribution in [0, 0.1) is 17.3 Å². The van der Waals surface area contributed by atoms with Crippen LogP contribution < -0.4 is 21.3 Å². The Hall–Kier alpha value is -4.53. The quantitative estimate of drug-likeness (QED) is 0.139. The van der Waals surface area contributed by atoms with Crippen LogP contribution in [0.4, 0.5) is 4.79 Å². The van der Waals surface area contributed by atoms with Crippen LogP contribution in [0.5, 0.6) is 0 Å². The monoisotopic (exact) mass is 743 g/mol. The number of amides is 5.